The molecule has 2 N–H and O–H groups in total. The molecule has 6 aliphatic rings. The van der Waals surface area contributed by atoms with Gasteiger partial charge < -0.3 is 14.6 Å². The standard InChI is InChI=1S/C50H57N11O4S/c1-29-40(36-13-16-53-28-54-36)41(29)45(62)56-42-44(59-25-50(26-59)14-18-58(50)4)46-55-38(24-66-46)31-10-12-39-34(20-31)35(21-49(2,3)27-65-48(64)37-8-6-17-60(57-37)47(42)63)43(32-7-5-15-52-23-32)61(39)33-11-9-30(19-33)22-51/h5,7,10,12-13,15-16,20,23-24,28-30,33,37,40-42,44,57H,6,8-9,11,14,17-19,21,25-27H2,1-4H3,(H,56,62)/t29-,30+,33+,37-,40-,41+,42-,44-/m0/s1. The Hall–Kier alpha value is -5.60. The van der Waals surface area contributed by atoms with Gasteiger partial charge in [-0.05, 0) is 93.8 Å². The summed E-state index contributed by atoms with van der Waals surface area (Å²) in [6.45, 7) is 9.32. The van der Waals surface area contributed by atoms with Gasteiger partial charge in [-0.1, -0.05) is 26.8 Å². The summed E-state index contributed by atoms with van der Waals surface area (Å²) < 4.78 is 8.66. The maximum atomic E-state index is 15.3. The Morgan fingerprint density at radius 2 is 1.92 bits per heavy atom. The zero-order chi connectivity index (χ0) is 45.5. The molecule has 5 aromatic rings. The van der Waals surface area contributed by atoms with Gasteiger partial charge in [0.05, 0.1) is 30.1 Å². The number of rotatable bonds is 6. The van der Waals surface area contributed by atoms with Crippen molar-refractivity contribution < 1.29 is 19.1 Å². The summed E-state index contributed by atoms with van der Waals surface area (Å²) in [6.07, 6.45) is 12.2. The number of pyridine rings is 1. The second kappa shape index (κ2) is 16.6. The van der Waals surface area contributed by atoms with Crippen LogP contribution < -0.4 is 10.7 Å². The van der Waals surface area contributed by atoms with E-state index in [2.05, 4.69) is 104 Å². The number of fused-ring (bicyclic) bond motifs is 6. The van der Waals surface area contributed by atoms with Crippen molar-refractivity contribution in [2.75, 3.05) is 39.8 Å². The molecule has 2 amide bonds. The van der Waals surface area contributed by atoms with Crippen molar-refractivity contribution in [3.05, 3.63) is 83.0 Å². The number of hydrogen-bond donors (Lipinski definition) is 2. The number of aromatic nitrogens is 5. The number of carbonyl (C=O) groups excluding carboxylic acids is 3. The number of cyclic esters (lactones) is 1. The fourth-order valence-electron chi connectivity index (χ4n) is 11.8. The summed E-state index contributed by atoms with van der Waals surface area (Å²) >= 11 is 1.52. The highest BCUT2D eigenvalue weighted by Gasteiger charge is 2.58. The normalized spacial score (nSPS) is 29.7. The van der Waals surface area contributed by atoms with Gasteiger partial charge >= 0.3 is 5.97 Å². The number of esters is 1. The lowest BCUT2D eigenvalue weighted by Crippen LogP contribution is -2.77. The molecule has 342 valence electrons. The van der Waals surface area contributed by atoms with Gasteiger partial charge in [0.15, 0.2) is 0 Å². The third-order valence-corrected chi connectivity index (χ3v) is 16.6. The van der Waals surface area contributed by atoms with Crippen LogP contribution in [0.15, 0.2) is 66.7 Å². The molecule has 1 spiro atoms. The van der Waals surface area contributed by atoms with Crippen LogP contribution in [0.5, 0.6) is 0 Å². The van der Waals surface area contributed by atoms with Crippen LogP contribution >= 0.6 is 11.3 Å². The van der Waals surface area contributed by atoms with Crippen LogP contribution in [-0.2, 0) is 25.5 Å². The first kappa shape index (κ1) is 43.0. The Kier molecular flexibility index (Phi) is 10.8. The molecule has 0 unspecified atom stereocenters. The smallest absolute Gasteiger partial charge is 0.324 e. The summed E-state index contributed by atoms with van der Waals surface area (Å²) in [5, 5.41) is 18.8. The largest absolute Gasteiger partial charge is 0.464 e. The van der Waals surface area contributed by atoms with E-state index in [0.29, 0.717) is 25.8 Å². The van der Waals surface area contributed by atoms with E-state index in [1.54, 1.807) is 17.4 Å². The number of likely N-dealkylation sites (N-methyl/N-ethyl adjacent to an activating group) is 1. The van der Waals surface area contributed by atoms with Gasteiger partial charge in [-0.25, -0.2) is 20.4 Å². The van der Waals surface area contributed by atoms with Crippen LogP contribution in [0.3, 0.4) is 0 Å². The average Bonchev–Trinajstić information content (AvgIpc) is 3.69. The van der Waals surface area contributed by atoms with Crippen molar-refractivity contribution in [3.8, 4) is 28.6 Å². The van der Waals surface area contributed by atoms with E-state index < -0.39 is 29.5 Å². The molecular weight excluding hydrogens is 851 g/mol. The summed E-state index contributed by atoms with van der Waals surface area (Å²) in [4.78, 5) is 67.3. The highest BCUT2D eigenvalue weighted by atomic mass is 32.1. The molecule has 6 bridgehead atoms. The number of hydrogen-bond acceptors (Lipinski definition) is 13. The first-order valence-electron chi connectivity index (χ1n) is 23.6. The minimum atomic E-state index is -1.01. The molecular formula is C50H57N11O4S. The molecule has 4 aromatic heterocycles. The van der Waals surface area contributed by atoms with Crippen LogP contribution in [-0.4, -0.2) is 115 Å². The van der Waals surface area contributed by atoms with Gasteiger partial charge in [0.2, 0.25) is 5.91 Å². The van der Waals surface area contributed by atoms with Crippen LogP contribution in [0.1, 0.15) is 93.6 Å². The second-order valence-electron chi connectivity index (χ2n) is 20.6. The zero-order valence-electron chi connectivity index (χ0n) is 38.0. The van der Waals surface area contributed by atoms with Gasteiger partial charge in [0.25, 0.3) is 5.91 Å². The van der Waals surface area contributed by atoms with E-state index >= 15 is 4.79 Å². The molecule has 4 aliphatic heterocycles. The number of amides is 2. The van der Waals surface area contributed by atoms with Crippen molar-refractivity contribution in [2.45, 2.75) is 101 Å². The van der Waals surface area contributed by atoms with E-state index in [9.17, 15) is 14.9 Å². The second-order valence-corrected chi connectivity index (χ2v) is 21.5. The predicted molar refractivity (Wildman–Crippen MR) is 248 cm³/mol. The van der Waals surface area contributed by atoms with Crippen LogP contribution in [0.4, 0.5) is 0 Å². The Balaban J connectivity index is 1.05. The highest BCUT2D eigenvalue weighted by Crippen LogP contribution is 2.54. The van der Waals surface area contributed by atoms with E-state index in [4.69, 9.17) is 9.72 Å². The van der Waals surface area contributed by atoms with Crippen LogP contribution in [0.2, 0.25) is 0 Å². The number of benzene rings is 1. The molecule has 2 saturated carbocycles. The maximum absolute atomic E-state index is 15.3. The Morgan fingerprint density at radius 3 is 2.65 bits per heavy atom. The molecule has 15 nitrogen and oxygen atoms in total. The van der Waals surface area contributed by atoms with Crippen molar-refractivity contribution in [1.29, 1.82) is 5.26 Å². The molecule has 16 heteroatoms. The maximum Gasteiger partial charge on any atom is 0.324 e. The molecule has 11 rings (SSSR count). The fourth-order valence-corrected chi connectivity index (χ4v) is 12.8. The number of thiazole rings is 1. The van der Waals surface area contributed by atoms with Crippen molar-refractivity contribution in [2.24, 2.45) is 23.2 Å². The summed E-state index contributed by atoms with van der Waals surface area (Å²) in [5.74, 6) is -1.36. The van der Waals surface area contributed by atoms with E-state index in [1.807, 2.05) is 18.3 Å². The minimum absolute atomic E-state index is 0.0138. The van der Waals surface area contributed by atoms with Gasteiger partial charge in [-0.2, -0.15) is 5.26 Å². The fraction of sp³-hybridized carbons (Fsp3) is 0.520. The molecule has 2 aliphatic carbocycles. The number of carbonyl (C=O) groups is 3. The van der Waals surface area contributed by atoms with Crippen molar-refractivity contribution in [3.63, 3.8) is 0 Å². The zero-order valence-corrected chi connectivity index (χ0v) is 38.8. The van der Waals surface area contributed by atoms with E-state index in [1.165, 1.54) is 17.7 Å². The number of nitrogens with zero attached hydrogens (tertiary/aromatic N) is 9. The van der Waals surface area contributed by atoms with Gasteiger partial charge in [-0.3, -0.25) is 34.2 Å². The first-order chi connectivity index (χ1) is 31.9. The summed E-state index contributed by atoms with van der Waals surface area (Å²) in [6, 6.07) is 12.8. The lowest BCUT2D eigenvalue weighted by molar-refractivity contribution is -0.159. The Morgan fingerprint density at radius 1 is 1.06 bits per heavy atom. The van der Waals surface area contributed by atoms with Crippen molar-refractivity contribution in [1.82, 2.24) is 50.1 Å². The highest BCUT2D eigenvalue weighted by molar-refractivity contribution is 7.10. The van der Waals surface area contributed by atoms with Crippen molar-refractivity contribution >= 4 is 40.0 Å². The monoisotopic (exact) mass is 907 g/mol. The summed E-state index contributed by atoms with van der Waals surface area (Å²) in [5.41, 5.74) is 9.64. The van der Waals surface area contributed by atoms with E-state index in [0.717, 1.165) is 95.0 Å². The molecule has 0 radical (unpaired) electrons. The first-order valence-corrected chi connectivity index (χ1v) is 24.5. The Labute approximate surface area is 388 Å². The topological polar surface area (TPSA) is 174 Å². The summed E-state index contributed by atoms with van der Waals surface area (Å²) in [7, 11) is 2.16. The lowest BCUT2D eigenvalue weighted by Gasteiger charge is -2.63. The molecule has 5 fully saturated rings. The SMILES string of the molecule is C[C@@H]1[C@@H](C(=O)N[C@@H]2C(=O)N3CCC[C@H](N3)C(=O)OCC(C)(C)Cc3c(-c4cccnc4)n([C@@H]4CC[C@@H](C#N)C4)c4ccc(cc34)-c3csc(n3)[C@H]2N2CC3(CCN3C)C2)[C@@H]1c1ccncn1. The molecule has 66 heavy (non-hydrogen) atoms. The van der Waals surface area contributed by atoms with Gasteiger partial charge in [0, 0.05) is 113 Å². The molecule has 1 aromatic carbocycles. The van der Waals surface area contributed by atoms with E-state index in [-0.39, 0.29) is 53.7 Å². The number of ether oxygens (including phenoxy) is 1. The minimum Gasteiger partial charge on any atom is -0.464 e. The third-order valence-electron chi connectivity index (χ3n) is 15.7. The number of likely N-dealkylation sites (tertiary alicyclic amines) is 2. The van der Waals surface area contributed by atoms with Gasteiger partial charge in [-0.15, -0.1) is 11.3 Å². The predicted octanol–water partition coefficient (Wildman–Crippen LogP) is 6.07. The lowest BCUT2D eigenvalue weighted by atomic mass is 9.76. The quantitative estimate of drug-likeness (QED) is 0.189. The molecule has 3 saturated heterocycles. The van der Waals surface area contributed by atoms with Gasteiger partial charge in [0.1, 0.15) is 23.4 Å². The molecule has 8 heterocycles. The number of hydrazine groups is 1. The van der Waals surface area contributed by atoms with Crippen LogP contribution in [0.25, 0.3) is 33.4 Å². The number of nitriles is 1. The average molecular weight is 908 g/mol. The molecule has 8 atom stereocenters. The van der Waals surface area contributed by atoms with Crippen LogP contribution in [0, 0.1) is 34.5 Å². The third kappa shape index (κ3) is 7.48. The Bertz CT molecular complexity index is 2730. The number of nitrogens with one attached hydrogen (secondary N) is 2.